The smallest absolute Gasteiger partial charge is 0.236 e. The van der Waals surface area contributed by atoms with Gasteiger partial charge in [-0.15, -0.1) is 0 Å². The van der Waals surface area contributed by atoms with E-state index in [4.69, 9.17) is 0 Å². The van der Waals surface area contributed by atoms with Gasteiger partial charge in [-0.3, -0.25) is 4.79 Å². The van der Waals surface area contributed by atoms with Crippen LogP contribution in [0.4, 0.5) is 0 Å². The van der Waals surface area contributed by atoms with Gasteiger partial charge < -0.3 is 15.1 Å². The van der Waals surface area contributed by atoms with Gasteiger partial charge in [0.05, 0.1) is 6.54 Å². The summed E-state index contributed by atoms with van der Waals surface area (Å²) >= 11 is 1.97. The predicted octanol–water partition coefficient (Wildman–Crippen LogP) is 1.03. The highest BCUT2D eigenvalue weighted by Crippen LogP contribution is 2.39. The van der Waals surface area contributed by atoms with E-state index in [1.165, 1.54) is 25.7 Å². The molecule has 1 saturated heterocycles. The Morgan fingerprint density at radius 3 is 2.42 bits per heavy atom. The standard InChI is InChI=1S/C14H27N3OS/c1-16-7-9-17(10-8-16)13(18)11-15-12-14(19-2)5-3-4-6-14/h15H,3-12H2,1-2H3. The summed E-state index contributed by atoms with van der Waals surface area (Å²) in [5, 5.41) is 3.40. The molecule has 1 aliphatic heterocycles. The van der Waals surface area contributed by atoms with Gasteiger partial charge in [-0.2, -0.15) is 11.8 Å². The Kier molecular flexibility index (Phi) is 5.54. The monoisotopic (exact) mass is 285 g/mol. The molecular formula is C14H27N3OS. The maximum Gasteiger partial charge on any atom is 0.236 e. The molecule has 0 unspecified atom stereocenters. The van der Waals surface area contributed by atoms with Gasteiger partial charge in [0, 0.05) is 37.5 Å². The second-order valence-corrected chi connectivity index (χ2v) is 7.16. The summed E-state index contributed by atoms with van der Waals surface area (Å²) in [5.41, 5.74) is 0. The first-order valence-electron chi connectivity index (χ1n) is 7.37. The molecular weight excluding hydrogens is 258 g/mol. The lowest BCUT2D eigenvalue weighted by molar-refractivity contribution is -0.131. The summed E-state index contributed by atoms with van der Waals surface area (Å²) in [4.78, 5) is 16.4. The molecule has 0 radical (unpaired) electrons. The number of piperazine rings is 1. The number of hydrogen-bond donors (Lipinski definition) is 1. The van der Waals surface area contributed by atoms with Gasteiger partial charge in [-0.05, 0) is 26.1 Å². The molecule has 5 heteroatoms. The van der Waals surface area contributed by atoms with E-state index in [-0.39, 0.29) is 5.91 Å². The van der Waals surface area contributed by atoms with Crippen LogP contribution in [-0.4, -0.2) is 73.0 Å². The number of rotatable bonds is 5. The van der Waals surface area contributed by atoms with Crippen LogP contribution in [0.5, 0.6) is 0 Å². The zero-order valence-corrected chi connectivity index (χ0v) is 13.1. The van der Waals surface area contributed by atoms with Crippen molar-refractivity contribution in [3.05, 3.63) is 0 Å². The second-order valence-electron chi connectivity index (χ2n) is 5.88. The molecule has 1 amide bonds. The highest BCUT2D eigenvalue weighted by atomic mass is 32.2. The third kappa shape index (κ3) is 4.10. The molecule has 1 aliphatic carbocycles. The number of nitrogens with zero attached hydrogens (tertiary/aromatic N) is 2. The van der Waals surface area contributed by atoms with Crippen molar-refractivity contribution in [1.82, 2.24) is 15.1 Å². The number of nitrogens with one attached hydrogen (secondary N) is 1. The molecule has 1 N–H and O–H groups in total. The number of thioether (sulfide) groups is 1. The van der Waals surface area contributed by atoms with Gasteiger partial charge in [-0.1, -0.05) is 12.8 Å². The molecule has 110 valence electrons. The quantitative estimate of drug-likeness (QED) is 0.818. The normalized spacial score (nSPS) is 23.8. The van der Waals surface area contributed by atoms with Crippen LogP contribution in [0.3, 0.4) is 0 Å². The fraction of sp³-hybridized carbons (Fsp3) is 0.929. The average Bonchev–Trinajstić information content (AvgIpc) is 2.89. The first-order valence-corrected chi connectivity index (χ1v) is 8.60. The van der Waals surface area contributed by atoms with Gasteiger partial charge in [0.25, 0.3) is 0 Å². The van der Waals surface area contributed by atoms with E-state index in [1.807, 2.05) is 16.7 Å². The molecule has 0 atom stereocenters. The fourth-order valence-corrected chi connectivity index (χ4v) is 3.98. The van der Waals surface area contributed by atoms with Crippen molar-refractivity contribution in [1.29, 1.82) is 0 Å². The Bertz CT molecular complexity index is 297. The van der Waals surface area contributed by atoms with Crippen LogP contribution < -0.4 is 5.32 Å². The van der Waals surface area contributed by atoms with E-state index in [2.05, 4.69) is 23.5 Å². The second kappa shape index (κ2) is 6.95. The van der Waals surface area contributed by atoms with E-state index in [1.54, 1.807) is 0 Å². The van der Waals surface area contributed by atoms with Crippen molar-refractivity contribution >= 4 is 17.7 Å². The van der Waals surface area contributed by atoms with Crippen molar-refractivity contribution in [2.45, 2.75) is 30.4 Å². The molecule has 4 nitrogen and oxygen atoms in total. The minimum Gasteiger partial charge on any atom is -0.339 e. The van der Waals surface area contributed by atoms with E-state index in [0.29, 0.717) is 11.3 Å². The lowest BCUT2D eigenvalue weighted by Crippen LogP contribution is -2.50. The largest absolute Gasteiger partial charge is 0.339 e. The first kappa shape index (κ1) is 15.1. The SMILES string of the molecule is CSC1(CNCC(=O)N2CCN(C)CC2)CCCC1. The predicted molar refractivity (Wildman–Crippen MR) is 81.7 cm³/mol. The van der Waals surface area contributed by atoms with Crippen LogP contribution in [0.1, 0.15) is 25.7 Å². The van der Waals surface area contributed by atoms with Crippen molar-refractivity contribution in [2.24, 2.45) is 0 Å². The van der Waals surface area contributed by atoms with Crippen molar-refractivity contribution < 1.29 is 4.79 Å². The molecule has 2 fully saturated rings. The average molecular weight is 285 g/mol. The van der Waals surface area contributed by atoms with E-state index >= 15 is 0 Å². The Balaban J connectivity index is 1.69. The van der Waals surface area contributed by atoms with Crippen LogP contribution >= 0.6 is 11.8 Å². The fourth-order valence-electron chi connectivity index (χ4n) is 3.04. The van der Waals surface area contributed by atoms with Crippen LogP contribution in [-0.2, 0) is 4.79 Å². The minimum absolute atomic E-state index is 0.266. The number of amides is 1. The Morgan fingerprint density at radius 2 is 1.84 bits per heavy atom. The maximum absolute atomic E-state index is 12.1. The summed E-state index contributed by atoms with van der Waals surface area (Å²) in [6.45, 7) is 5.25. The highest BCUT2D eigenvalue weighted by molar-refractivity contribution is 8.00. The number of hydrogen-bond acceptors (Lipinski definition) is 4. The molecule has 0 aromatic heterocycles. The van der Waals surface area contributed by atoms with Gasteiger partial charge in [0.15, 0.2) is 0 Å². The molecule has 2 rings (SSSR count). The summed E-state index contributed by atoms with van der Waals surface area (Å²) in [5.74, 6) is 0.266. The molecule has 0 spiro atoms. The van der Waals surface area contributed by atoms with Crippen LogP contribution in [0.2, 0.25) is 0 Å². The van der Waals surface area contributed by atoms with Crippen LogP contribution in [0.15, 0.2) is 0 Å². The van der Waals surface area contributed by atoms with Crippen molar-refractivity contribution in [3.8, 4) is 0 Å². The molecule has 0 aromatic carbocycles. The third-order valence-electron chi connectivity index (χ3n) is 4.53. The highest BCUT2D eigenvalue weighted by Gasteiger charge is 2.32. The molecule has 2 aliphatic rings. The van der Waals surface area contributed by atoms with Gasteiger partial charge >= 0.3 is 0 Å². The molecule has 1 saturated carbocycles. The number of carbonyl (C=O) groups is 1. The summed E-state index contributed by atoms with van der Waals surface area (Å²) in [7, 11) is 2.11. The summed E-state index contributed by atoms with van der Waals surface area (Å²) in [6.07, 6.45) is 7.48. The number of carbonyl (C=O) groups excluding carboxylic acids is 1. The summed E-state index contributed by atoms with van der Waals surface area (Å²) < 4.78 is 0.391. The van der Waals surface area contributed by atoms with Gasteiger partial charge in [0.2, 0.25) is 5.91 Å². The van der Waals surface area contributed by atoms with Gasteiger partial charge in [0.1, 0.15) is 0 Å². The van der Waals surface area contributed by atoms with E-state index in [0.717, 1.165) is 32.7 Å². The van der Waals surface area contributed by atoms with E-state index in [9.17, 15) is 4.79 Å². The molecule has 1 heterocycles. The Labute approximate surface area is 121 Å². The Hall–Kier alpha value is -0.260. The Morgan fingerprint density at radius 1 is 1.21 bits per heavy atom. The van der Waals surface area contributed by atoms with E-state index < -0.39 is 0 Å². The zero-order valence-electron chi connectivity index (χ0n) is 12.3. The third-order valence-corrected chi connectivity index (χ3v) is 5.95. The lowest BCUT2D eigenvalue weighted by Gasteiger charge is -2.33. The molecule has 19 heavy (non-hydrogen) atoms. The van der Waals surface area contributed by atoms with Gasteiger partial charge in [-0.25, -0.2) is 0 Å². The molecule has 0 bridgehead atoms. The van der Waals surface area contributed by atoms with Crippen LogP contribution in [0.25, 0.3) is 0 Å². The maximum atomic E-state index is 12.1. The lowest BCUT2D eigenvalue weighted by atomic mass is 10.1. The zero-order chi connectivity index (χ0) is 13.7. The summed E-state index contributed by atoms with van der Waals surface area (Å²) in [6, 6.07) is 0. The topological polar surface area (TPSA) is 35.6 Å². The minimum atomic E-state index is 0.266. The van der Waals surface area contributed by atoms with Crippen molar-refractivity contribution in [2.75, 3.05) is 52.6 Å². The number of likely N-dealkylation sites (N-methyl/N-ethyl adjacent to an activating group) is 1. The van der Waals surface area contributed by atoms with Crippen LogP contribution in [0, 0.1) is 0 Å². The first-order chi connectivity index (χ1) is 9.15. The van der Waals surface area contributed by atoms with Crippen molar-refractivity contribution in [3.63, 3.8) is 0 Å². The molecule has 0 aromatic rings.